The highest BCUT2D eigenvalue weighted by Gasteiger charge is 2.29. The summed E-state index contributed by atoms with van der Waals surface area (Å²) in [7, 11) is 3.58. The van der Waals surface area contributed by atoms with Crippen LogP contribution < -0.4 is 0 Å². The van der Waals surface area contributed by atoms with E-state index in [0.717, 1.165) is 6.54 Å². The topological polar surface area (TPSA) is 58.4 Å². The number of nitrogens with zero attached hydrogens (tertiary/aromatic N) is 4. The maximum Gasteiger partial charge on any atom is 0.256 e. The molecule has 0 bridgehead atoms. The monoisotopic (exact) mass is 278 g/mol. The highest BCUT2D eigenvalue weighted by atomic mass is 16.2. The predicted octanol–water partition coefficient (Wildman–Crippen LogP) is 1.01. The Morgan fingerprint density at radius 3 is 2.75 bits per heavy atom. The van der Waals surface area contributed by atoms with Gasteiger partial charge in [-0.2, -0.15) is 5.10 Å². The molecular weight excluding hydrogens is 256 g/mol. The smallest absolute Gasteiger partial charge is 0.256 e. The molecule has 1 unspecified atom stereocenters. The molecule has 2 amide bonds. The second kappa shape index (κ2) is 5.64. The minimum absolute atomic E-state index is 0.0427. The van der Waals surface area contributed by atoms with Gasteiger partial charge in [-0.15, -0.1) is 0 Å². The molecule has 2 heterocycles. The van der Waals surface area contributed by atoms with Crippen LogP contribution in [0.3, 0.4) is 0 Å². The Morgan fingerprint density at radius 1 is 1.55 bits per heavy atom. The van der Waals surface area contributed by atoms with E-state index in [2.05, 4.69) is 5.10 Å². The molecular formula is C14H22N4O2. The summed E-state index contributed by atoms with van der Waals surface area (Å²) in [6.45, 7) is 5.36. The maximum atomic E-state index is 12.3. The zero-order chi connectivity index (χ0) is 14.9. The van der Waals surface area contributed by atoms with Gasteiger partial charge in [0.2, 0.25) is 5.91 Å². The van der Waals surface area contributed by atoms with Gasteiger partial charge >= 0.3 is 0 Å². The molecule has 6 nitrogen and oxygen atoms in total. The highest BCUT2D eigenvalue weighted by molar-refractivity contribution is 5.93. The van der Waals surface area contributed by atoms with Crippen LogP contribution in [-0.4, -0.2) is 58.6 Å². The van der Waals surface area contributed by atoms with Gasteiger partial charge in [-0.1, -0.05) is 0 Å². The molecule has 1 aliphatic rings. The Morgan fingerprint density at radius 2 is 2.25 bits per heavy atom. The number of rotatable bonds is 4. The minimum Gasteiger partial charge on any atom is -0.345 e. The number of carbonyl (C=O) groups excluding carboxylic acids is 2. The fraction of sp³-hybridized carbons (Fsp3) is 0.643. The van der Waals surface area contributed by atoms with Gasteiger partial charge < -0.3 is 9.80 Å². The van der Waals surface area contributed by atoms with Gasteiger partial charge in [0.1, 0.15) is 0 Å². The fourth-order valence-corrected chi connectivity index (χ4v) is 2.50. The normalized spacial score (nSPS) is 18.9. The maximum absolute atomic E-state index is 12.3. The Hall–Kier alpha value is -1.85. The molecule has 1 aliphatic heterocycles. The number of hydrogen-bond acceptors (Lipinski definition) is 3. The second-order valence-corrected chi connectivity index (χ2v) is 5.83. The van der Waals surface area contributed by atoms with E-state index in [-0.39, 0.29) is 23.8 Å². The Labute approximate surface area is 119 Å². The average molecular weight is 278 g/mol. The van der Waals surface area contributed by atoms with E-state index < -0.39 is 0 Å². The molecule has 1 aromatic rings. The Balaban J connectivity index is 1.96. The van der Waals surface area contributed by atoms with Crippen LogP contribution in [0.2, 0.25) is 0 Å². The number of hydrogen-bond donors (Lipinski definition) is 0. The summed E-state index contributed by atoms with van der Waals surface area (Å²) in [6, 6.07) is 0.239. The van der Waals surface area contributed by atoms with E-state index in [0.29, 0.717) is 18.5 Å². The van der Waals surface area contributed by atoms with Crippen LogP contribution in [0.25, 0.3) is 0 Å². The quantitative estimate of drug-likeness (QED) is 0.826. The summed E-state index contributed by atoms with van der Waals surface area (Å²) in [5.74, 6) is 0.337. The summed E-state index contributed by atoms with van der Waals surface area (Å²) in [5, 5.41) is 4.18. The van der Waals surface area contributed by atoms with Crippen LogP contribution in [0.5, 0.6) is 0 Å². The van der Waals surface area contributed by atoms with Crippen molar-refractivity contribution in [2.45, 2.75) is 26.3 Å². The Bertz CT molecular complexity index is 509. The Kier molecular flexibility index (Phi) is 4.11. The van der Waals surface area contributed by atoms with Crippen molar-refractivity contribution in [1.29, 1.82) is 0 Å². The van der Waals surface area contributed by atoms with Crippen molar-refractivity contribution in [3.8, 4) is 0 Å². The summed E-state index contributed by atoms with van der Waals surface area (Å²) < 4.78 is 1.77. The minimum atomic E-state index is -0.0427. The number of likely N-dealkylation sites (tertiary alicyclic amines) is 1. The first-order valence-corrected chi connectivity index (χ1v) is 6.92. The van der Waals surface area contributed by atoms with Gasteiger partial charge in [0.05, 0.1) is 11.8 Å². The fourth-order valence-electron chi connectivity index (χ4n) is 2.50. The van der Waals surface area contributed by atoms with E-state index >= 15 is 0 Å². The van der Waals surface area contributed by atoms with E-state index in [1.54, 1.807) is 41.0 Å². The summed E-state index contributed by atoms with van der Waals surface area (Å²) in [4.78, 5) is 27.2. The molecule has 0 aliphatic carbocycles. The van der Waals surface area contributed by atoms with E-state index in [9.17, 15) is 9.59 Å². The largest absolute Gasteiger partial charge is 0.345 e. The van der Waals surface area contributed by atoms with Gasteiger partial charge in [-0.05, 0) is 13.8 Å². The third-order valence-electron chi connectivity index (χ3n) is 3.68. The summed E-state index contributed by atoms with van der Waals surface area (Å²) >= 11 is 0. The molecule has 110 valence electrons. The van der Waals surface area contributed by atoms with Crippen molar-refractivity contribution in [3.63, 3.8) is 0 Å². The molecule has 1 saturated heterocycles. The average Bonchev–Trinajstić information content (AvgIpc) is 2.96. The van der Waals surface area contributed by atoms with Crippen LogP contribution >= 0.6 is 0 Å². The molecule has 0 N–H and O–H groups in total. The first-order chi connectivity index (χ1) is 9.38. The predicted molar refractivity (Wildman–Crippen MR) is 75.3 cm³/mol. The van der Waals surface area contributed by atoms with E-state index in [1.165, 1.54) is 0 Å². The lowest BCUT2D eigenvalue weighted by Gasteiger charge is -2.20. The van der Waals surface area contributed by atoms with E-state index in [1.807, 2.05) is 13.8 Å². The lowest BCUT2D eigenvalue weighted by Crippen LogP contribution is -2.32. The molecule has 0 radical (unpaired) electrons. The molecule has 0 saturated carbocycles. The molecule has 1 atom stereocenters. The van der Waals surface area contributed by atoms with Crippen molar-refractivity contribution in [2.75, 3.05) is 27.2 Å². The molecule has 2 rings (SSSR count). The third kappa shape index (κ3) is 3.00. The van der Waals surface area contributed by atoms with Gasteiger partial charge in [0.25, 0.3) is 5.91 Å². The first-order valence-electron chi connectivity index (χ1n) is 6.92. The van der Waals surface area contributed by atoms with Gasteiger partial charge in [-0.25, -0.2) is 0 Å². The number of carbonyl (C=O) groups is 2. The lowest BCUT2D eigenvalue weighted by molar-refractivity contribution is -0.126. The highest BCUT2D eigenvalue weighted by Crippen LogP contribution is 2.17. The molecule has 6 heteroatoms. The van der Waals surface area contributed by atoms with Crippen molar-refractivity contribution >= 4 is 11.8 Å². The SMILES string of the molecule is CC(C)n1cc(C(=O)N(C)CC2CC(=O)N(C)C2)cn1. The molecule has 0 aromatic carbocycles. The van der Waals surface area contributed by atoms with Crippen LogP contribution in [0.1, 0.15) is 36.7 Å². The summed E-state index contributed by atoms with van der Waals surface area (Å²) in [5.41, 5.74) is 0.596. The van der Waals surface area contributed by atoms with Crippen LogP contribution in [0, 0.1) is 5.92 Å². The van der Waals surface area contributed by atoms with Crippen LogP contribution in [0.4, 0.5) is 0 Å². The number of aromatic nitrogens is 2. The standard InChI is InChI=1S/C14H22N4O2/c1-10(2)18-9-12(6-15-18)14(20)17(4)8-11-5-13(19)16(3)7-11/h6,9-11H,5,7-8H2,1-4H3. The molecule has 0 spiro atoms. The first kappa shape index (κ1) is 14.6. The molecule has 1 fully saturated rings. The zero-order valence-corrected chi connectivity index (χ0v) is 12.5. The van der Waals surface area contributed by atoms with Gasteiger partial charge in [0.15, 0.2) is 0 Å². The van der Waals surface area contributed by atoms with E-state index in [4.69, 9.17) is 0 Å². The second-order valence-electron chi connectivity index (χ2n) is 5.83. The van der Waals surface area contributed by atoms with Crippen molar-refractivity contribution in [1.82, 2.24) is 19.6 Å². The van der Waals surface area contributed by atoms with Crippen LogP contribution in [0.15, 0.2) is 12.4 Å². The van der Waals surface area contributed by atoms with Gasteiger partial charge in [0, 0.05) is 51.8 Å². The van der Waals surface area contributed by atoms with Crippen LogP contribution in [-0.2, 0) is 4.79 Å². The number of amides is 2. The lowest BCUT2D eigenvalue weighted by atomic mass is 10.1. The third-order valence-corrected chi connectivity index (χ3v) is 3.68. The van der Waals surface area contributed by atoms with Gasteiger partial charge in [-0.3, -0.25) is 14.3 Å². The van der Waals surface area contributed by atoms with Crippen molar-refractivity contribution < 1.29 is 9.59 Å². The van der Waals surface area contributed by atoms with Crippen molar-refractivity contribution in [3.05, 3.63) is 18.0 Å². The summed E-state index contributed by atoms with van der Waals surface area (Å²) in [6.07, 6.45) is 3.90. The zero-order valence-electron chi connectivity index (χ0n) is 12.5. The molecule has 1 aromatic heterocycles. The van der Waals surface area contributed by atoms with Crippen molar-refractivity contribution in [2.24, 2.45) is 5.92 Å². The molecule has 20 heavy (non-hydrogen) atoms.